The Labute approximate surface area is 104 Å². The topological polar surface area (TPSA) is 41.5 Å². The molecule has 0 saturated heterocycles. The van der Waals surface area contributed by atoms with E-state index < -0.39 is 6.10 Å². The van der Waals surface area contributed by atoms with Gasteiger partial charge in [-0.1, -0.05) is 31.5 Å². The molecule has 0 aliphatic rings. The second kappa shape index (κ2) is 8.09. The molecule has 1 rings (SSSR count). The molecule has 3 nitrogen and oxygen atoms in total. The van der Waals surface area contributed by atoms with Crippen LogP contribution in [0.4, 0.5) is 5.69 Å². The van der Waals surface area contributed by atoms with Crippen LogP contribution in [-0.4, -0.2) is 31.0 Å². The summed E-state index contributed by atoms with van der Waals surface area (Å²) in [7, 11) is 0. The first-order valence-electron chi connectivity index (χ1n) is 6.29. The maximum atomic E-state index is 9.71. The van der Waals surface area contributed by atoms with E-state index in [1.165, 1.54) is 5.56 Å². The molecular formula is C14H23NO2. The SMILES string of the molecule is CCCCOCC(O)CNc1ccccc1C. The molecule has 2 N–H and O–H groups in total. The molecule has 1 aromatic rings. The first kappa shape index (κ1) is 14.0. The predicted octanol–water partition coefficient (Wildman–Crippen LogP) is 2.58. The molecule has 3 heteroatoms. The fraction of sp³-hybridized carbons (Fsp3) is 0.571. The van der Waals surface area contributed by atoms with Gasteiger partial charge < -0.3 is 15.2 Å². The van der Waals surface area contributed by atoms with Gasteiger partial charge in [-0.15, -0.1) is 0 Å². The smallest absolute Gasteiger partial charge is 0.0945 e. The Morgan fingerprint density at radius 2 is 2.12 bits per heavy atom. The van der Waals surface area contributed by atoms with E-state index in [0.29, 0.717) is 13.2 Å². The highest BCUT2D eigenvalue weighted by Gasteiger charge is 2.04. The number of hydrogen-bond acceptors (Lipinski definition) is 3. The van der Waals surface area contributed by atoms with E-state index in [-0.39, 0.29) is 0 Å². The van der Waals surface area contributed by atoms with Crippen LogP contribution in [0.25, 0.3) is 0 Å². The number of benzene rings is 1. The lowest BCUT2D eigenvalue weighted by Gasteiger charge is -2.14. The second-order valence-electron chi connectivity index (χ2n) is 4.28. The van der Waals surface area contributed by atoms with Gasteiger partial charge in [0.2, 0.25) is 0 Å². The fourth-order valence-corrected chi connectivity index (χ4v) is 1.52. The Bertz CT molecular complexity index is 315. The summed E-state index contributed by atoms with van der Waals surface area (Å²) in [5.41, 5.74) is 2.26. The van der Waals surface area contributed by atoms with Crippen LogP contribution in [0.5, 0.6) is 0 Å². The van der Waals surface area contributed by atoms with Gasteiger partial charge in [-0.2, -0.15) is 0 Å². The number of aryl methyl sites for hydroxylation is 1. The third-order valence-corrected chi connectivity index (χ3v) is 2.63. The highest BCUT2D eigenvalue weighted by Crippen LogP contribution is 2.12. The summed E-state index contributed by atoms with van der Waals surface area (Å²) in [4.78, 5) is 0. The van der Waals surface area contributed by atoms with Gasteiger partial charge in [-0.3, -0.25) is 0 Å². The van der Waals surface area contributed by atoms with E-state index in [9.17, 15) is 5.11 Å². The molecule has 0 saturated carbocycles. The summed E-state index contributed by atoms with van der Waals surface area (Å²) in [5, 5.41) is 12.9. The summed E-state index contributed by atoms with van der Waals surface area (Å²) in [5.74, 6) is 0. The van der Waals surface area contributed by atoms with E-state index >= 15 is 0 Å². The normalized spacial score (nSPS) is 12.4. The number of aliphatic hydroxyl groups is 1. The molecule has 0 aromatic heterocycles. The third kappa shape index (κ3) is 5.71. The zero-order valence-corrected chi connectivity index (χ0v) is 10.8. The molecule has 1 atom stereocenters. The summed E-state index contributed by atoms with van der Waals surface area (Å²) >= 11 is 0. The van der Waals surface area contributed by atoms with E-state index in [1.54, 1.807) is 0 Å². The lowest BCUT2D eigenvalue weighted by Crippen LogP contribution is -2.25. The fourth-order valence-electron chi connectivity index (χ4n) is 1.52. The van der Waals surface area contributed by atoms with Crippen LogP contribution in [0.3, 0.4) is 0 Å². The molecule has 0 aliphatic carbocycles. The summed E-state index contributed by atoms with van der Waals surface area (Å²) in [6, 6.07) is 8.05. The summed E-state index contributed by atoms with van der Waals surface area (Å²) in [6.45, 7) is 5.83. The number of para-hydroxylation sites is 1. The van der Waals surface area contributed by atoms with Crippen LogP contribution in [0.15, 0.2) is 24.3 Å². The van der Waals surface area contributed by atoms with Crippen molar-refractivity contribution in [3.05, 3.63) is 29.8 Å². The molecule has 1 aromatic carbocycles. The van der Waals surface area contributed by atoms with E-state index in [1.807, 2.05) is 31.2 Å². The molecule has 0 heterocycles. The van der Waals surface area contributed by atoms with E-state index in [0.717, 1.165) is 25.1 Å². The quantitative estimate of drug-likeness (QED) is 0.683. The Hall–Kier alpha value is -1.06. The minimum Gasteiger partial charge on any atom is -0.389 e. The Morgan fingerprint density at radius 1 is 1.35 bits per heavy atom. The van der Waals surface area contributed by atoms with Gasteiger partial charge in [0.25, 0.3) is 0 Å². The minimum absolute atomic E-state index is 0.402. The number of hydrogen-bond donors (Lipinski definition) is 2. The van der Waals surface area contributed by atoms with Gasteiger partial charge >= 0.3 is 0 Å². The number of anilines is 1. The largest absolute Gasteiger partial charge is 0.389 e. The Balaban J connectivity index is 2.19. The van der Waals surface area contributed by atoms with Crippen molar-refractivity contribution in [2.45, 2.75) is 32.8 Å². The maximum Gasteiger partial charge on any atom is 0.0945 e. The lowest BCUT2D eigenvalue weighted by atomic mass is 10.2. The molecule has 0 aliphatic heterocycles. The standard InChI is InChI=1S/C14H23NO2/c1-3-4-9-17-11-13(16)10-15-14-8-6-5-7-12(14)2/h5-8,13,15-16H,3-4,9-11H2,1-2H3. The van der Waals surface area contributed by atoms with E-state index in [2.05, 4.69) is 12.2 Å². The number of aliphatic hydroxyl groups excluding tert-OH is 1. The second-order valence-corrected chi connectivity index (χ2v) is 4.28. The van der Waals surface area contributed by atoms with Crippen molar-refractivity contribution in [1.82, 2.24) is 0 Å². The van der Waals surface area contributed by atoms with Gasteiger partial charge in [-0.05, 0) is 25.0 Å². The summed E-state index contributed by atoms with van der Waals surface area (Å²) < 4.78 is 5.36. The Morgan fingerprint density at radius 3 is 2.82 bits per heavy atom. The highest BCUT2D eigenvalue weighted by atomic mass is 16.5. The summed E-state index contributed by atoms with van der Waals surface area (Å²) in [6.07, 6.45) is 1.72. The van der Waals surface area contributed by atoms with Crippen LogP contribution in [0, 0.1) is 6.92 Å². The highest BCUT2D eigenvalue weighted by molar-refractivity contribution is 5.50. The molecule has 17 heavy (non-hydrogen) atoms. The first-order chi connectivity index (χ1) is 8.24. The van der Waals surface area contributed by atoms with Gasteiger partial charge in [0.15, 0.2) is 0 Å². The van der Waals surface area contributed by atoms with Crippen molar-refractivity contribution in [1.29, 1.82) is 0 Å². The monoisotopic (exact) mass is 237 g/mol. The van der Waals surface area contributed by atoms with Crippen molar-refractivity contribution in [3.8, 4) is 0 Å². The zero-order valence-electron chi connectivity index (χ0n) is 10.8. The zero-order chi connectivity index (χ0) is 12.5. The number of rotatable bonds is 8. The van der Waals surface area contributed by atoms with Gasteiger partial charge in [0.1, 0.15) is 0 Å². The molecule has 1 unspecified atom stereocenters. The molecule has 0 amide bonds. The molecule has 0 bridgehead atoms. The van der Waals surface area contributed by atoms with Crippen molar-refractivity contribution in [2.75, 3.05) is 25.1 Å². The van der Waals surface area contributed by atoms with Crippen molar-refractivity contribution >= 4 is 5.69 Å². The van der Waals surface area contributed by atoms with Gasteiger partial charge in [0, 0.05) is 18.8 Å². The van der Waals surface area contributed by atoms with E-state index in [4.69, 9.17) is 4.74 Å². The Kier molecular flexibility index (Phi) is 6.67. The predicted molar refractivity (Wildman–Crippen MR) is 71.4 cm³/mol. The van der Waals surface area contributed by atoms with Gasteiger partial charge in [0.05, 0.1) is 12.7 Å². The van der Waals surface area contributed by atoms with Crippen LogP contribution < -0.4 is 5.32 Å². The molecular weight excluding hydrogens is 214 g/mol. The molecule has 0 radical (unpaired) electrons. The average molecular weight is 237 g/mol. The maximum absolute atomic E-state index is 9.71. The lowest BCUT2D eigenvalue weighted by molar-refractivity contribution is 0.0421. The molecule has 0 fully saturated rings. The number of ether oxygens (including phenoxy) is 1. The number of unbranched alkanes of at least 4 members (excludes halogenated alkanes) is 1. The van der Waals surface area contributed by atoms with Crippen molar-refractivity contribution in [3.63, 3.8) is 0 Å². The third-order valence-electron chi connectivity index (χ3n) is 2.63. The first-order valence-corrected chi connectivity index (χ1v) is 6.29. The van der Waals surface area contributed by atoms with Gasteiger partial charge in [-0.25, -0.2) is 0 Å². The van der Waals surface area contributed by atoms with Crippen LogP contribution in [0.2, 0.25) is 0 Å². The van der Waals surface area contributed by atoms with Crippen LogP contribution in [-0.2, 0) is 4.74 Å². The van der Waals surface area contributed by atoms with Crippen LogP contribution in [0.1, 0.15) is 25.3 Å². The molecule has 96 valence electrons. The number of nitrogens with one attached hydrogen (secondary N) is 1. The molecule has 0 spiro atoms. The van der Waals surface area contributed by atoms with Crippen LogP contribution >= 0.6 is 0 Å². The average Bonchev–Trinajstić information content (AvgIpc) is 2.34. The van der Waals surface area contributed by atoms with Crippen molar-refractivity contribution < 1.29 is 9.84 Å². The van der Waals surface area contributed by atoms with Crippen molar-refractivity contribution in [2.24, 2.45) is 0 Å². The minimum atomic E-state index is -0.452.